The number of hydrogen-bond acceptors (Lipinski definition) is 2. The van der Waals surface area contributed by atoms with Crippen molar-refractivity contribution in [2.75, 3.05) is 7.05 Å². The zero-order valence-electron chi connectivity index (χ0n) is 9.37. The molecule has 0 saturated heterocycles. The van der Waals surface area contributed by atoms with Crippen molar-refractivity contribution in [3.63, 3.8) is 0 Å². The lowest BCUT2D eigenvalue weighted by Crippen LogP contribution is -2.20. The molecule has 0 spiro atoms. The molecule has 1 heterocycles. The zero-order chi connectivity index (χ0) is 12.3. The van der Waals surface area contributed by atoms with E-state index in [9.17, 15) is 8.78 Å². The molecule has 1 aromatic carbocycles. The Labute approximate surface area is 97.9 Å². The van der Waals surface area contributed by atoms with Crippen molar-refractivity contribution in [3.05, 3.63) is 53.6 Å². The Balaban J connectivity index is 2.23. The second-order valence-electron chi connectivity index (χ2n) is 3.75. The molecule has 2 N–H and O–H groups in total. The summed E-state index contributed by atoms with van der Waals surface area (Å²) < 4.78 is 26.4. The van der Waals surface area contributed by atoms with E-state index in [0.717, 1.165) is 11.9 Å². The molecule has 0 aliphatic heterocycles. The number of benzene rings is 1. The van der Waals surface area contributed by atoms with Gasteiger partial charge in [0.15, 0.2) is 0 Å². The molecule has 2 aromatic rings. The van der Waals surface area contributed by atoms with Gasteiger partial charge in [0.1, 0.15) is 17.5 Å². The summed E-state index contributed by atoms with van der Waals surface area (Å²) in [4.78, 5) is 7.04. The van der Waals surface area contributed by atoms with Crippen LogP contribution in [-0.4, -0.2) is 17.0 Å². The highest BCUT2D eigenvalue weighted by atomic mass is 19.1. The highest BCUT2D eigenvalue weighted by molar-refractivity contribution is 5.23. The van der Waals surface area contributed by atoms with Crippen molar-refractivity contribution < 1.29 is 8.78 Å². The highest BCUT2D eigenvalue weighted by Crippen LogP contribution is 2.20. The van der Waals surface area contributed by atoms with Gasteiger partial charge in [-0.3, -0.25) is 0 Å². The fraction of sp³-hybridized carbons (Fsp3) is 0.250. The van der Waals surface area contributed by atoms with Crippen molar-refractivity contribution >= 4 is 0 Å². The summed E-state index contributed by atoms with van der Waals surface area (Å²) >= 11 is 0. The van der Waals surface area contributed by atoms with Crippen molar-refractivity contribution in [1.82, 2.24) is 15.3 Å². The average molecular weight is 237 g/mol. The van der Waals surface area contributed by atoms with E-state index in [2.05, 4.69) is 15.3 Å². The summed E-state index contributed by atoms with van der Waals surface area (Å²) in [5.74, 6) is -0.358. The largest absolute Gasteiger partial charge is 0.349 e. The molecule has 0 radical (unpaired) electrons. The minimum atomic E-state index is -0.570. The average Bonchev–Trinajstić information content (AvgIpc) is 2.79. The molecule has 1 aromatic heterocycles. The Bertz CT molecular complexity index is 483. The number of halogens is 2. The Hall–Kier alpha value is -1.75. The van der Waals surface area contributed by atoms with Crippen LogP contribution in [0.5, 0.6) is 0 Å². The predicted octanol–water partition coefficient (Wildman–Crippen LogP) is 2.19. The van der Waals surface area contributed by atoms with E-state index in [0.29, 0.717) is 12.0 Å². The monoisotopic (exact) mass is 237 g/mol. The number of likely N-dealkylation sites (N-methyl/N-ethyl adjacent to an activating group) is 1. The Morgan fingerprint density at radius 1 is 1.41 bits per heavy atom. The summed E-state index contributed by atoms with van der Waals surface area (Å²) in [7, 11) is 1.73. The quantitative estimate of drug-likeness (QED) is 0.855. The van der Waals surface area contributed by atoms with Crippen LogP contribution in [0.1, 0.15) is 17.4 Å². The maximum absolute atomic E-state index is 13.6. The van der Waals surface area contributed by atoms with E-state index in [-0.39, 0.29) is 6.04 Å². The van der Waals surface area contributed by atoms with Crippen molar-refractivity contribution in [2.24, 2.45) is 0 Å². The number of nitrogens with one attached hydrogen (secondary N) is 2. The normalized spacial score (nSPS) is 12.6. The molecule has 3 nitrogen and oxygen atoms in total. The second kappa shape index (κ2) is 5.05. The number of H-pyrrole nitrogens is 1. The van der Waals surface area contributed by atoms with Gasteiger partial charge in [-0.15, -0.1) is 0 Å². The van der Waals surface area contributed by atoms with Gasteiger partial charge in [0.25, 0.3) is 0 Å². The lowest BCUT2D eigenvalue weighted by atomic mass is 10.0. The van der Waals surface area contributed by atoms with E-state index in [1.807, 2.05) is 0 Å². The minimum absolute atomic E-state index is 0.234. The van der Waals surface area contributed by atoms with Gasteiger partial charge in [-0.25, -0.2) is 13.8 Å². The number of hydrogen-bond donors (Lipinski definition) is 2. The number of rotatable bonds is 4. The number of aromatic amines is 1. The van der Waals surface area contributed by atoms with Gasteiger partial charge in [0.2, 0.25) is 0 Å². The molecule has 5 heteroatoms. The Morgan fingerprint density at radius 3 is 2.82 bits per heavy atom. The molecule has 0 amide bonds. The van der Waals surface area contributed by atoms with Crippen molar-refractivity contribution in [1.29, 1.82) is 0 Å². The maximum atomic E-state index is 13.6. The van der Waals surface area contributed by atoms with Crippen LogP contribution in [0, 0.1) is 11.6 Å². The van der Waals surface area contributed by atoms with E-state index in [1.54, 1.807) is 19.4 Å². The van der Waals surface area contributed by atoms with Gasteiger partial charge >= 0.3 is 0 Å². The van der Waals surface area contributed by atoms with E-state index in [1.165, 1.54) is 12.1 Å². The summed E-state index contributed by atoms with van der Waals surface area (Å²) in [5, 5.41) is 2.99. The van der Waals surface area contributed by atoms with Crippen LogP contribution >= 0.6 is 0 Å². The van der Waals surface area contributed by atoms with Gasteiger partial charge in [0, 0.05) is 36.5 Å². The standard InChI is InChI=1S/C12H13F2N3/c1-15-11(7-12-16-4-5-17-12)9-3-2-8(13)6-10(9)14/h2-6,11,15H,7H2,1H3,(H,16,17). The second-order valence-corrected chi connectivity index (χ2v) is 3.75. The molecule has 1 unspecified atom stereocenters. The summed E-state index contributed by atoms with van der Waals surface area (Å²) in [5.41, 5.74) is 0.435. The topological polar surface area (TPSA) is 40.7 Å². The first-order valence-electron chi connectivity index (χ1n) is 5.31. The van der Waals surface area contributed by atoms with Crippen LogP contribution in [-0.2, 0) is 6.42 Å². The predicted molar refractivity (Wildman–Crippen MR) is 60.5 cm³/mol. The van der Waals surface area contributed by atoms with E-state index >= 15 is 0 Å². The maximum Gasteiger partial charge on any atom is 0.130 e. The van der Waals surface area contributed by atoms with Crippen LogP contribution in [0.2, 0.25) is 0 Å². The third-order valence-electron chi connectivity index (χ3n) is 2.64. The minimum Gasteiger partial charge on any atom is -0.349 e. The molecule has 0 fully saturated rings. The van der Waals surface area contributed by atoms with Crippen LogP contribution < -0.4 is 5.32 Å². The molecule has 90 valence electrons. The Kier molecular flexibility index (Phi) is 3.49. The van der Waals surface area contributed by atoms with Crippen molar-refractivity contribution in [2.45, 2.75) is 12.5 Å². The van der Waals surface area contributed by atoms with E-state index < -0.39 is 11.6 Å². The smallest absolute Gasteiger partial charge is 0.130 e. The molecule has 0 aliphatic rings. The van der Waals surface area contributed by atoms with Gasteiger partial charge in [0.05, 0.1) is 0 Å². The number of imidazole rings is 1. The molecular weight excluding hydrogens is 224 g/mol. The van der Waals surface area contributed by atoms with Crippen LogP contribution in [0.25, 0.3) is 0 Å². The third kappa shape index (κ3) is 2.68. The molecule has 1 atom stereocenters. The summed E-state index contributed by atoms with van der Waals surface area (Å²) in [6, 6.07) is 3.36. The van der Waals surface area contributed by atoms with Gasteiger partial charge in [-0.1, -0.05) is 6.07 Å². The first-order valence-corrected chi connectivity index (χ1v) is 5.31. The van der Waals surface area contributed by atoms with E-state index in [4.69, 9.17) is 0 Å². The molecule has 0 saturated carbocycles. The third-order valence-corrected chi connectivity index (χ3v) is 2.64. The number of aromatic nitrogens is 2. The molecule has 0 aliphatic carbocycles. The SMILES string of the molecule is CNC(Cc1ncc[nH]1)c1ccc(F)cc1F. The summed E-state index contributed by atoms with van der Waals surface area (Å²) in [6.07, 6.45) is 3.87. The first kappa shape index (κ1) is 11.7. The first-order chi connectivity index (χ1) is 8.20. The lowest BCUT2D eigenvalue weighted by Gasteiger charge is -2.16. The van der Waals surface area contributed by atoms with Crippen LogP contribution in [0.4, 0.5) is 8.78 Å². The highest BCUT2D eigenvalue weighted by Gasteiger charge is 2.16. The van der Waals surface area contributed by atoms with Crippen molar-refractivity contribution in [3.8, 4) is 0 Å². The summed E-state index contributed by atoms with van der Waals surface area (Å²) in [6.45, 7) is 0. The van der Waals surface area contributed by atoms with Gasteiger partial charge < -0.3 is 10.3 Å². The van der Waals surface area contributed by atoms with Gasteiger partial charge in [-0.05, 0) is 13.1 Å². The molecule has 17 heavy (non-hydrogen) atoms. The zero-order valence-corrected chi connectivity index (χ0v) is 9.37. The fourth-order valence-corrected chi connectivity index (χ4v) is 1.75. The lowest BCUT2D eigenvalue weighted by molar-refractivity contribution is 0.516. The van der Waals surface area contributed by atoms with Crippen LogP contribution in [0.15, 0.2) is 30.6 Å². The molecule has 2 rings (SSSR count). The van der Waals surface area contributed by atoms with Gasteiger partial charge in [-0.2, -0.15) is 0 Å². The molecule has 0 bridgehead atoms. The molecular formula is C12H13F2N3. The Morgan fingerprint density at radius 2 is 2.24 bits per heavy atom. The fourth-order valence-electron chi connectivity index (χ4n) is 1.75. The van der Waals surface area contributed by atoms with Crippen LogP contribution in [0.3, 0.4) is 0 Å². The number of nitrogens with zero attached hydrogens (tertiary/aromatic N) is 1.